The van der Waals surface area contributed by atoms with Crippen LogP contribution in [-0.4, -0.2) is 36.3 Å². The molecule has 1 aromatic heterocycles. The zero-order chi connectivity index (χ0) is 21.0. The molecule has 0 radical (unpaired) electrons. The first-order valence-corrected chi connectivity index (χ1v) is 11.0. The van der Waals surface area contributed by atoms with Crippen LogP contribution in [0.25, 0.3) is 0 Å². The predicted octanol–water partition coefficient (Wildman–Crippen LogP) is 2.50. The number of rotatable bonds is 5. The minimum Gasteiger partial charge on any atom is -0.324 e. The van der Waals surface area contributed by atoms with Crippen LogP contribution in [0.3, 0.4) is 0 Å². The summed E-state index contributed by atoms with van der Waals surface area (Å²) in [6.07, 6.45) is 4.81. The van der Waals surface area contributed by atoms with E-state index in [0.717, 1.165) is 30.3 Å². The number of pyridine rings is 1. The van der Waals surface area contributed by atoms with E-state index in [4.69, 9.17) is 0 Å². The van der Waals surface area contributed by atoms with Crippen molar-refractivity contribution in [1.29, 1.82) is 0 Å². The highest BCUT2D eigenvalue weighted by molar-refractivity contribution is 7.89. The fraction of sp³-hybridized carbons (Fsp3) is 0.400. The molecule has 2 heterocycles. The number of hydrogen-bond acceptors (Lipinski definition) is 4. The Hall–Kier alpha value is -2.52. The number of hydrogen-bond donors (Lipinski definition) is 1. The van der Waals surface area contributed by atoms with Crippen molar-refractivity contribution < 1.29 is 17.6 Å². The van der Waals surface area contributed by atoms with Crippen LogP contribution in [0.2, 0.25) is 0 Å². The molecule has 0 atom stereocenters. The van der Waals surface area contributed by atoms with Crippen molar-refractivity contribution in [1.82, 2.24) is 8.87 Å². The molecule has 0 spiro atoms. The first-order valence-electron chi connectivity index (χ1n) is 9.54. The maximum absolute atomic E-state index is 13.6. The van der Waals surface area contributed by atoms with E-state index in [1.54, 1.807) is 13.0 Å². The van der Waals surface area contributed by atoms with Crippen LogP contribution in [0.5, 0.6) is 0 Å². The molecule has 1 aromatic carbocycles. The van der Waals surface area contributed by atoms with Gasteiger partial charge >= 0.3 is 0 Å². The highest BCUT2D eigenvalue weighted by atomic mass is 32.2. The van der Waals surface area contributed by atoms with Crippen molar-refractivity contribution in [2.45, 2.75) is 44.0 Å². The number of amides is 1. The van der Waals surface area contributed by atoms with Crippen molar-refractivity contribution in [2.75, 3.05) is 18.4 Å². The first-order chi connectivity index (χ1) is 13.8. The lowest BCUT2D eigenvalue weighted by molar-refractivity contribution is -0.116. The minimum atomic E-state index is -3.92. The summed E-state index contributed by atoms with van der Waals surface area (Å²) in [5.41, 5.74) is -0.0351. The molecule has 0 bridgehead atoms. The average Bonchev–Trinajstić information content (AvgIpc) is 2.96. The topological polar surface area (TPSA) is 88.5 Å². The minimum absolute atomic E-state index is 0.263. The number of benzene rings is 1. The largest absolute Gasteiger partial charge is 0.324 e. The van der Waals surface area contributed by atoms with Crippen molar-refractivity contribution >= 4 is 21.6 Å². The van der Waals surface area contributed by atoms with Crippen LogP contribution in [0.1, 0.15) is 31.2 Å². The van der Waals surface area contributed by atoms with Crippen LogP contribution in [0, 0.1) is 12.7 Å². The molecule has 2 aromatic rings. The Morgan fingerprint density at radius 1 is 1.14 bits per heavy atom. The summed E-state index contributed by atoms with van der Waals surface area (Å²) in [6.45, 7) is 2.00. The second-order valence-corrected chi connectivity index (χ2v) is 9.04. The summed E-state index contributed by atoms with van der Waals surface area (Å²) < 4.78 is 41.9. The molecule has 7 nitrogen and oxygen atoms in total. The van der Waals surface area contributed by atoms with Crippen LogP contribution in [0.4, 0.5) is 10.1 Å². The summed E-state index contributed by atoms with van der Waals surface area (Å²) in [4.78, 5) is 24.7. The molecule has 3 rings (SSSR count). The normalized spacial score (nSPS) is 15.7. The van der Waals surface area contributed by atoms with Crippen LogP contribution < -0.4 is 10.9 Å². The van der Waals surface area contributed by atoms with Gasteiger partial charge in [0.25, 0.3) is 5.56 Å². The Kier molecular flexibility index (Phi) is 6.49. The van der Waals surface area contributed by atoms with Gasteiger partial charge in [-0.1, -0.05) is 18.9 Å². The van der Waals surface area contributed by atoms with Crippen molar-refractivity contribution in [3.63, 3.8) is 0 Å². The van der Waals surface area contributed by atoms with Gasteiger partial charge < -0.3 is 9.88 Å². The number of sulfonamides is 1. The third-order valence-electron chi connectivity index (χ3n) is 4.94. The number of halogens is 1. The van der Waals surface area contributed by atoms with E-state index in [9.17, 15) is 22.4 Å². The molecule has 1 fully saturated rings. The molecule has 1 amide bonds. The zero-order valence-corrected chi connectivity index (χ0v) is 17.0. The van der Waals surface area contributed by atoms with Gasteiger partial charge in [-0.15, -0.1) is 0 Å². The number of carbonyl (C=O) groups is 1. The van der Waals surface area contributed by atoms with Gasteiger partial charge in [0.2, 0.25) is 15.9 Å². The van der Waals surface area contributed by atoms with E-state index in [2.05, 4.69) is 5.32 Å². The third-order valence-corrected chi connectivity index (χ3v) is 6.85. The second kappa shape index (κ2) is 8.87. The number of anilines is 1. The predicted molar refractivity (Wildman–Crippen MR) is 108 cm³/mol. The molecule has 1 aliphatic heterocycles. The molecule has 0 aliphatic carbocycles. The molecule has 1 aliphatic rings. The van der Waals surface area contributed by atoms with Gasteiger partial charge in [-0.25, -0.2) is 12.8 Å². The van der Waals surface area contributed by atoms with Crippen LogP contribution in [0.15, 0.2) is 46.2 Å². The first kappa shape index (κ1) is 21.2. The SMILES string of the molecule is Cc1ccc(NC(=O)Cn2cccc(S(=O)(=O)N3CCCCCC3)c2=O)cc1F. The molecule has 1 N–H and O–H groups in total. The quantitative estimate of drug-likeness (QED) is 0.803. The summed E-state index contributed by atoms with van der Waals surface area (Å²) in [7, 11) is -3.92. The maximum atomic E-state index is 13.6. The maximum Gasteiger partial charge on any atom is 0.271 e. The number of aryl methyl sites for hydroxylation is 1. The number of nitrogens with zero attached hydrogens (tertiary/aromatic N) is 2. The fourth-order valence-corrected chi connectivity index (χ4v) is 4.89. The van der Waals surface area contributed by atoms with Gasteiger partial charge in [0.1, 0.15) is 17.3 Å². The molecule has 156 valence electrons. The van der Waals surface area contributed by atoms with Gasteiger partial charge in [-0.2, -0.15) is 4.31 Å². The average molecular weight is 421 g/mol. The van der Waals surface area contributed by atoms with Gasteiger partial charge in [-0.05, 0) is 49.6 Å². The third kappa shape index (κ3) is 4.91. The lowest BCUT2D eigenvalue weighted by atomic mass is 10.2. The Labute approximate surface area is 169 Å². The van der Waals surface area contributed by atoms with Gasteiger partial charge in [0.05, 0.1) is 0 Å². The Morgan fingerprint density at radius 3 is 2.48 bits per heavy atom. The van der Waals surface area contributed by atoms with E-state index >= 15 is 0 Å². The molecular formula is C20H24FN3O4S. The molecular weight excluding hydrogens is 397 g/mol. The van der Waals surface area contributed by atoms with E-state index < -0.39 is 27.3 Å². The second-order valence-electron chi connectivity index (χ2n) is 7.14. The highest BCUT2D eigenvalue weighted by Gasteiger charge is 2.28. The summed E-state index contributed by atoms with van der Waals surface area (Å²) in [5, 5.41) is 2.52. The van der Waals surface area contributed by atoms with Gasteiger partial charge in [-0.3, -0.25) is 9.59 Å². The molecule has 29 heavy (non-hydrogen) atoms. The number of nitrogens with one attached hydrogen (secondary N) is 1. The Bertz CT molecular complexity index is 1060. The lowest BCUT2D eigenvalue weighted by Gasteiger charge is -2.20. The van der Waals surface area contributed by atoms with Crippen LogP contribution in [-0.2, 0) is 21.4 Å². The zero-order valence-electron chi connectivity index (χ0n) is 16.2. The highest BCUT2D eigenvalue weighted by Crippen LogP contribution is 2.18. The molecule has 1 saturated heterocycles. The standard InChI is InChI=1S/C20H24FN3O4S/c1-15-8-9-16(13-17(15)21)22-19(25)14-23-10-6-7-18(20(23)26)29(27,28)24-11-4-2-3-5-12-24/h6-10,13H,2-5,11-12,14H2,1H3,(H,22,25). The number of carbonyl (C=O) groups excluding carboxylic acids is 1. The molecule has 0 unspecified atom stereocenters. The van der Waals surface area contributed by atoms with Gasteiger partial charge in [0, 0.05) is 25.0 Å². The van der Waals surface area contributed by atoms with Crippen molar-refractivity contribution in [2.24, 2.45) is 0 Å². The van der Waals surface area contributed by atoms with Gasteiger partial charge in [0.15, 0.2) is 0 Å². The van der Waals surface area contributed by atoms with Crippen molar-refractivity contribution in [3.8, 4) is 0 Å². The summed E-state index contributed by atoms with van der Waals surface area (Å²) in [5.74, 6) is -1.01. The smallest absolute Gasteiger partial charge is 0.271 e. The van der Waals surface area contributed by atoms with E-state index in [0.29, 0.717) is 18.7 Å². The summed E-state index contributed by atoms with van der Waals surface area (Å²) in [6, 6.07) is 6.98. The molecule has 0 saturated carbocycles. The fourth-order valence-electron chi connectivity index (χ4n) is 3.28. The molecule has 9 heteroatoms. The van der Waals surface area contributed by atoms with Crippen LogP contribution >= 0.6 is 0 Å². The van der Waals surface area contributed by atoms with E-state index in [1.807, 2.05) is 0 Å². The lowest BCUT2D eigenvalue weighted by Crippen LogP contribution is -2.37. The van der Waals surface area contributed by atoms with E-state index in [1.165, 1.54) is 34.8 Å². The Balaban J connectivity index is 1.80. The van der Waals surface area contributed by atoms with E-state index in [-0.39, 0.29) is 17.1 Å². The monoisotopic (exact) mass is 421 g/mol. The van der Waals surface area contributed by atoms with Crippen molar-refractivity contribution in [3.05, 3.63) is 58.3 Å². The Morgan fingerprint density at radius 2 is 1.83 bits per heavy atom. The summed E-state index contributed by atoms with van der Waals surface area (Å²) >= 11 is 0. The number of aromatic nitrogens is 1.